The lowest BCUT2D eigenvalue weighted by Gasteiger charge is -2.38. The average molecular weight is 291 g/mol. The maximum atomic E-state index is 12.4. The number of carbonyl (C=O) groups is 1. The van der Waals surface area contributed by atoms with Crippen LogP contribution in [0.4, 0.5) is 0 Å². The minimum atomic E-state index is 0.00465. The zero-order valence-corrected chi connectivity index (χ0v) is 12.8. The van der Waals surface area contributed by atoms with Crippen LogP contribution in [0.5, 0.6) is 0 Å². The van der Waals surface area contributed by atoms with Gasteiger partial charge in [-0.05, 0) is 32.2 Å². The molecule has 0 aromatic heterocycles. The van der Waals surface area contributed by atoms with Gasteiger partial charge >= 0.3 is 0 Å². The summed E-state index contributed by atoms with van der Waals surface area (Å²) in [4.78, 5) is 16.2. The van der Waals surface area contributed by atoms with Gasteiger partial charge in [0, 0.05) is 25.7 Å². The SMILES string of the molecule is CC1CCC(CN)CN1CC(=O)N(CCC#N)CCC#N. The fourth-order valence-corrected chi connectivity index (χ4v) is 2.68. The summed E-state index contributed by atoms with van der Waals surface area (Å²) in [6, 6.07) is 4.48. The van der Waals surface area contributed by atoms with Crippen molar-refractivity contribution in [2.45, 2.75) is 38.6 Å². The van der Waals surface area contributed by atoms with Crippen molar-refractivity contribution in [3.8, 4) is 12.1 Å². The highest BCUT2D eigenvalue weighted by molar-refractivity contribution is 5.78. The molecule has 6 heteroatoms. The van der Waals surface area contributed by atoms with Crippen LogP contribution in [0.25, 0.3) is 0 Å². The van der Waals surface area contributed by atoms with Gasteiger partial charge in [0.1, 0.15) is 0 Å². The zero-order valence-electron chi connectivity index (χ0n) is 12.8. The lowest BCUT2D eigenvalue weighted by molar-refractivity contribution is -0.133. The third kappa shape index (κ3) is 5.71. The average Bonchev–Trinajstić information content (AvgIpc) is 2.49. The quantitative estimate of drug-likeness (QED) is 0.744. The van der Waals surface area contributed by atoms with Crippen molar-refractivity contribution in [3.05, 3.63) is 0 Å². The van der Waals surface area contributed by atoms with E-state index in [1.165, 1.54) is 0 Å². The molecule has 0 saturated carbocycles. The zero-order chi connectivity index (χ0) is 15.7. The molecule has 1 aliphatic rings. The molecule has 2 unspecified atom stereocenters. The molecule has 0 spiro atoms. The van der Waals surface area contributed by atoms with Crippen molar-refractivity contribution in [1.82, 2.24) is 9.80 Å². The molecule has 0 bridgehead atoms. The second-order valence-corrected chi connectivity index (χ2v) is 5.65. The maximum absolute atomic E-state index is 12.4. The van der Waals surface area contributed by atoms with E-state index in [0.29, 0.717) is 51.0 Å². The number of carbonyl (C=O) groups excluding carboxylic acids is 1. The molecule has 0 radical (unpaired) electrons. The van der Waals surface area contributed by atoms with Gasteiger partial charge in [0.25, 0.3) is 0 Å². The highest BCUT2D eigenvalue weighted by Crippen LogP contribution is 2.21. The second kappa shape index (κ2) is 9.33. The van der Waals surface area contributed by atoms with Crippen molar-refractivity contribution < 1.29 is 4.79 Å². The van der Waals surface area contributed by atoms with E-state index >= 15 is 0 Å². The Labute approximate surface area is 127 Å². The molecule has 21 heavy (non-hydrogen) atoms. The highest BCUT2D eigenvalue weighted by atomic mass is 16.2. The van der Waals surface area contributed by atoms with Gasteiger partial charge < -0.3 is 10.6 Å². The van der Waals surface area contributed by atoms with Crippen LogP contribution < -0.4 is 5.73 Å². The number of likely N-dealkylation sites (tertiary alicyclic amines) is 1. The number of hydrogen-bond acceptors (Lipinski definition) is 5. The van der Waals surface area contributed by atoms with Gasteiger partial charge in [-0.2, -0.15) is 10.5 Å². The Morgan fingerprint density at radius 3 is 2.43 bits per heavy atom. The molecular weight excluding hydrogens is 266 g/mol. The van der Waals surface area contributed by atoms with E-state index in [1.807, 2.05) is 0 Å². The summed E-state index contributed by atoms with van der Waals surface area (Å²) in [7, 11) is 0. The van der Waals surface area contributed by atoms with Crippen molar-refractivity contribution in [3.63, 3.8) is 0 Å². The van der Waals surface area contributed by atoms with E-state index < -0.39 is 0 Å². The summed E-state index contributed by atoms with van der Waals surface area (Å²) in [5, 5.41) is 17.4. The van der Waals surface area contributed by atoms with Crippen LogP contribution in [0.3, 0.4) is 0 Å². The van der Waals surface area contributed by atoms with Gasteiger partial charge in [0.2, 0.25) is 5.91 Å². The normalized spacial score (nSPS) is 22.3. The summed E-state index contributed by atoms with van der Waals surface area (Å²) in [5.74, 6) is 0.464. The molecular formula is C15H25N5O. The van der Waals surface area contributed by atoms with E-state index in [0.717, 1.165) is 19.4 Å². The van der Waals surface area contributed by atoms with E-state index in [1.54, 1.807) is 4.90 Å². The van der Waals surface area contributed by atoms with E-state index in [2.05, 4.69) is 24.0 Å². The third-order valence-electron chi connectivity index (χ3n) is 4.12. The fourth-order valence-electron chi connectivity index (χ4n) is 2.68. The predicted octanol–water partition coefficient (Wildman–Crippen LogP) is 0.702. The first kappa shape index (κ1) is 17.4. The number of rotatable bonds is 7. The van der Waals surface area contributed by atoms with Crippen LogP contribution in [0.15, 0.2) is 0 Å². The molecule has 0 aromatic carbocycles. The van der Waals surface area contributed by atoms with Gasteiger partial charge in [0.05, 0.1) is 31.5 Å². The molecule has 0 aliphatic carbocycles. The second-order valence-electron chi connectivity index (χ2n) is 5.65. The fraction of sp³-hybridized carbons (Fsp3) is 0.800. The first-order valence-electron chi connectivity index (χ1n) is 7.58. The Kier molecular flexibility index (Phi) is 7.74. The summed E-state index contributed by atoms with van der Waals surface area (Å²) < 4.78 is 0. The molecule has 2 N–H and O–H groups in total. The molecule has 1 aliphatic heterocycles. The standard InChI is InChI=1S/C15H25N5O/c1-13-4-5-14(10-18)11-20(13)12-15(21)19(8-2-6-16)9-3-7-17/h13-14H,2-5,8-12,18H2,1H3. The summed E-state index contributed by atoms with van der Waals surface area (Å²) in [6.07, 6.45) is 2.79. The minimum absolute atomic E-state index is 0.00465. The third-order valence-corrected chi connectivity index (χ3v) is 4.12. The molecule has 2 atom stereocenters. The van der Waals surface area contributed by atoms with Gasteiger partial charge in [-0.1, -0.05) is 0 Å². The van der Waals surface area contributed by atoms with Crippen molar-refractivity contribution in [2.75, 3.05) is 32.7 Å². The van der Waals surface area contributed by atoms with Crippen molar-refractivity contribution in [1.29, 1.82) is 10.5 Å². The van der Waals surface area contributed by atoms with Crippen LogP contribution in [-0.4, -0.2) is 54.5 Å². The van der Waals surface area contributed by atoms with E-state index in [9.17, 15) is 4.79 Å². The van der Waals surface area contributed by atoms with Crippen molar-refractivity contribution >= 4 is 5.91 Å². The monoisotopic (exact) mass is 291 g/mol. The summed E-state index contributed by atoms with van der Waals surface area (Å²) >= 11 is 0. The van der Waals surface area contributed by atoms with Gasteiger partial charge in [0.15, 0.2) is 0 Å². The summed E-state index contributed by atoms with van der Waals surface area (Å²) in [5.41, 5.74) is 5.74. The maximum Gasteiger partial charge on any atom is 0.236 e. The number of piperidine rings is 1. The molecule has 1 saturated heterocycles. The lowest BCUT2D eigenvalue weighted by Crippen LogP contribution is -2.49. The van der Waals surface area contributed by atoms with Crippen LogP contribution in [0.1, 0.15) is 32.6 Å². The number of hydrogen-bond donors (Lipinski definition) is 1. The number of amides is 1. The Morgan fingerprint density at radius 2 is 1.90 bits per heavy atom. The van der Waals surface area contributed by atoms with Gasteiger partial charge in [-0.3, -0.25) is 9.69 Å². The molecule has 116 valence electrons. The first-order chi connectivity index (χ1) is 10.1. The van der Waals surface area contributed by atoms with Crippen LogP contribution in [0, 0.1) is 28.6 Å². The van der Waals surface area contributed by atoms with Crippen LogP contribution in [0.2, 0.25) is 0 Å². The minimum Gasteiger partial charge on any atom is -0.340 e. The molecule has 6 nitrogen and oxygen atoms in total. The Bertz CT molecular complexity index is 393. The molecule has 1 heterocycles. The largest absolute Gasteiger partial charge is 0.340 e. The van der Waals surface area contributed by atoms with Gasteiger partial charge in [-0.15, -0.1) is 0 Å². The summed E-state index contributed by atoms with van der Waals surface area (Å²) in [6.45, 7) is 4.81. The number of nitrogens with two attached hydrogens (primary N) is 1. The molecule has 1 rings (SSSR count). The Balaban J connectivity index is 2.57. The van der Waals surface area contributed by atoms with E-state index in [-0.39, 0.29) is 5.91 Å². The van der Waals surface area contributed by atoms with E-state index in [4.69, 9.17) is 16.3 Å². The van der Waals surface area contributed by atoms with Gasteiger partial charge in [-0.25, -0.2) is 0 Å². The number of nitriles is 2. The Hall–Kier alpha value is -1.63. The molecule has 1 amide bonds. The van der Waals surface area contributed by atoms with Crippen molar-refractivity contribution in [2.24, 2.45) is 11.7 Å². The predicted molar refractivity (Wildman–Crippen MR) is 79.9 cm³/mol. The lowest BCUT2D eigenvalue weighted by atomic mass is 9.93. The number of nitrogens with zero attached hydrogens (tertiary/aromatic N) is 4. The molecule has 0 aromatic rings. The molecule has 1 fully saturated rings. The highest BCUT2D eigenvalue weighted by Gasteiger charge is 2.27. The Morgan fingerprint density at radius 1 is 1.29 bits per heavy atom. The first-order valence-corrected chi connectivity index (χ1v) is 7.58. The van der Waals surface area contributed by atoms with Crippen LogP contribution >= 0.6 is 0 Å². The smallest absolute Gasteiger partial charge is 0.236 e. The van der Waals surface area contributed by atoms with Crippen LogP contribution in [-0.2, 0) is 4.79 Å². The topological polar surface area (TPSA) is 97.2 Å².